The molecule has 0 aliphatic heterocycles. The van der Waals surface area contributed by atoms with Crippen LogP contribution in [0.4, 0.5) is 4.79 Å². The van der Waals surface area contributed by atoms with Gasteiger partial charge in [0.2, 0.25) is 0 Å². The van der Waals surface area contributed by atoms with Crippen molar-refractivity contribution in [1.82, 2.24) is 10.0 Å². The molecule has 0 unspecified atom stereocenters. The fourth-order valence-electron chi connectivity index (χ4n) is 1.86. The largest absolute Gasteiger partial charge is 0.425 e. The van der Waals surface area contributed by atoms with Crippen molar-refractivity contribution < 1.29 is 22.7 Å². The third-order valence-corrected chi connectivity index (χ3v) is 4.55. The van der Waals surface area contributed by atoms with Gasteiger partial charge in [0.25, 0.3) is 10.0 Å². The predicted molar refractivity (Wildman–Crippen MR) is 91.7 cm³/mol. The van der Waals surface area contributed by atoms with E-state index in [1.807, 2.05) is 18.6 Å². The summed E-state index contributed by atoms with van der Waals surface area (Å²) in [4.78, 5) is 23.3. The lowest BCUT2D eigenvalue weighted by molar-refractivity contribution is -0.133. The quantitative estimate of drug-likeness (QED) is 0.625. The van der Waals surface area contributed by atoms with Crippen LogP contribution in [0, 0.1) is 13.8 Å². The van der Waals surface area contributed by atoms with Gasteiger partial charge in [0.15, 0.2) is 0 Å². The smallest absolute Gasteiger partial charge is 0.330 e. The first kappa shape index (κ1) is 18.5. The number of carbonyl (C=O) groups excluding carboxylic acids is 2. The Balaban J connectivity index is 1.86. The van der Waals surface area contributed by atoms with Crippen molar-refractivity contribution in [2.75, 3.05) is 6.54 Å². The molecule has 0 radical (unpaired) electrons. The minimum absolute atomic E-state index is 0.0459. The molecule has 0 atom stereocenters. The molecule has 8 heteroatoms. The van der Waals surface area contributed by atoms with Crippen molar-refractivity contribution >= 4 is 22.0 Å². The van der Waals surface area contributed by atoms with Crippen molar-refractivity contribution in [1.29, 1.82) is 0 Å². The Labute approximate surface area is 146 Å². The van der Waals surface area contributed by atoms with Crippen molar-refractivity contribution in [3.63, 3.8) is 0 Å². The van der Waals surface area contributed by atoms with Crippen LogP contribution in [0.2, 0.25) is 0 Å². The van der Waals surface area contributed by atoms with E-state index in [4.69, 9.17) is 4.74 Å². The fourth-order valence-corrected chi connectivity index (χ4v) is 2.79. The molecule has 25 heavy (non-hydrogen) atoms. The van der Waals surface area contributed by atoms with Crippen LogP contribution < -0.4 is 14.8 Å². The van der Waals surface area contributed by atoms with Crippen molar-refractivity contribution in [3.05, 3.63) is 59.7 Å². The number of aryl methyl sites for hydroxylation is 2. The van der Waals surface area contributed by atoms with Gasteiger partial charge in [0, 0.05) is 0 Å². The van der Waals surface area contributed by atoms with Gasteiger partial charge >= 0.3 is 12.0 Å². The zero-order valence-corrected chi connectivity index (χ0v) is 14.6. The average molecular weight is 362 g/mol. The summed E-state index contributed by atoms with van der Waals surface area (Å²) >= 11 is 0. The molecule has 0 bridgehead atoms. The second kappa shape index (κ2) is 7.80. The summed E-state index contributed by atoms with van der Waals surface area (Å²) in [6.45, 7) is 3.24. The first-order valence-corrected chi connectivity index (χ1v) is 8.89. The highest BCUT2D eigenvalue weighted by molar-refractivity contribution is 7.90. The summed E-state index contributed by atoms with van der Waals surface area (Å²) < 4.78 is 30.9. The molecular formula is C17H18N2O5S. The highest BCUT2D eigenvalue weighted by Gasteiger charge is 2.18. The van der Waals surface area contributed by atoms with E-state index in [1.165, 1.54) is 12.1 Å². The summed E-state index contributed by atoms with van der Waals surface area (Å²) in [5, 5.41) is 2.15. The van der Waals surface area contributed by atoms with E-state index in [-0.39, 0.29) is 4.90 Å². The van der Waals surface area contributed by atoms with E-state index < -0.39 is 28.6 Å². The molecule has 0 aromatic heterocycles. The molecule has 0 fully saturated rings. The Morgan fingerprint density at radius 2 is 1.44 bits per heavy atom. The fraction of sp³-hybridized carbons (Fsp3) is 0.176. The SMILES string of the molecule is Cc1ccc(OC(=O)CNC(=O)NS(=O)(=O)c2ccc(C)cc2)cc1. The number of hydrogen-bond acceptors (Lipinski definition) is 5. The third-order valence-electron chi connectivity index (χ3n) is 3.20. The molecule has 2 N–H and O–H groups in total. The summed E-state index contributed by atoms with van der Waals surface area (Å²) in [7, 11) is -4.00. The number of benzene rings is 2. The van der Waals surface area contributed by atoms with Gasteiger partial charge in [0.05, 0.1) is 4.90 Å². The summed E-state index contributed by atoms with van der Waals surface area (Å²) in [6.07, 6.45) is 0. The molecule has 2 aromatic carbocycles. The number of sulfonamides is 1. The number of carbonyl (C=O) groups is 2. The number of esters is 1. The van der Waals surface area contributed by atoms with Crippen molar-refractivity contribution in [3.8, 4) is 5.75 Å². The number of amides is 2. The molecule has 2 rings (SSSR count). The molecule has 0 spiro atoms. The minimum atomic E-state index is -4.00. The van der Waals surface area contributed by atoms with Crippen LogP contribution in [0.15, 0.2) is 53.4 Å². The second-order valence-corrected chi connectivity index (χ2v) is 7.07. The standard InChI is InChI=1S/C17H18N2O5S/c1-12-3-7-14(8-4-12)24-16(20)11-18-17(21)19-25(22,23)15-9-5-13(2)6-10-15/h3-10H,11H2,1-2H3,(H2,18,19,21). The minimum Gasteiger partial charge on any atom is -0.425 e. The Kier molecular flexibility index (Phi) is 5.76. The van der Waals surface area contributed by atoms with Gasteiger partial charge in [0.1, 0.15) is 12.3 Å². The first-order valence-electron chi connectivity index (χ1n) is 7.41. The first-order chi connectivity index (χ1) is 11.8. The number of urea groups is 1. The zero-order valence-electron chi connectivity index (χ0n) is 13.8. The average Bonchev–Trinajstić information content (AvgIpc) is 2.55. The summed E-state index contributed by atoms with van der Waals surface area (Å²) in [5.41, 5.74) is 1.90. The van der Waals surface area contributed by atoms with E-state index in [9.17, 15) is 18.0 Å². The molecule has 0 aliphatic carbocycles. The van der Waals surface area contributed by atoms with Gasteiger partial charge in [-0.15, -0.1) is 0 Å². The van der Waals surface area contributed by atoms with Gasteiger partial charge in [-0.3, -0.25) is 0 Å². The maximum atomic E-state index is 12.0. The van der Waals surface area contributed by atoms with Crippen molar-refractivity contribution in [2.45, 2.75) is 18.7 Å². The summed E-state index contributed by atoms with van der Waals surface area (Å²) in [6, 6.07) is 11.8. The van der Waals surface area contributed by atoms with Gasteiger partial charge in [-0.1, -0.05) is 35.4 Å². The predicted octanol–water partition coefficient (Wildman–Crippen LogP) is 1.90. The normalized spacial score (nSPS) is 10.8. The lowest BCUT2D eigenvalue weighted by Crippen LogP contribution is -2.42. The van der Waals surface area contributed by atoms with Crippen LogP contribution >= 0.6 is 0 Å². The maximum Gasteiger partial charge on any atom is 0.330 e. The van der Waals surface area contributed by atoms with E-state index >= 15 is 0 Å². The molecule has 0 saturated heterocycles. The third kappa shape index (κ3) is 5.61. The molecular weight excluding hydrogens is 344 g/mol. The Morgan fingerprint density at radius 1 is 0.920 bits per heavy atom. The highest BCUT2D eigenvalue weighted by Crippen LogP contribution is 2.11. The Bertz CT molecular complexity index is 859. The van der Waals surface area contributed by atoms with Crippen LogP contribution in [0.5, 0.6) is 5.75 Å². The van der Waals surface area contributed by atoms with Gasteiger partial charge < -0.3 is 10.1 Å². The van der Waals surface area contributed by atoms with E-state index in [2.05, 4.69) is 5.32 Å². The summed E-state index contributed by atoms with van der Waals surface area (Å²) in [5.74, 6) is -0.378. The number of hydrogen-bond donors (Lipinski definition) is 2. The zero-order chi connectivity index (χ0) is 18.4. The van der Waals surface area contributed by atoms with E-state index in [0.29, 0.717) is 5.75 Å². The number of nitrogens with one attached hydrogen (secondary N) is 2. The molecule has 2 amide bonds. The molecule has 132 valence electrons. The van der Waals surface area contributed by atoms with Gasteiger partial charge in [-0.2, -0.15) is 0 Å². The number of rotatable bonds is 5. The molecule has 0 heterocycles. The maximum absolute atomic E-state index is 12.0. The monoisotopic (exact) mass is 362 g/mol. The van der Waals surface area contributed by atoms with Crippen LogP contribution in [0.1, 0.15) is 11.1 Å². The van der Waals surface area contributed by atoms with Crippen LogP contribution in [-0.2, 0) is 14.8 Å². The molecule has 0 aliphatic rings. The lowest BCUT2D eigenvalue weighted by Gasteiger charge is -2.09. The molecule has 0 saturated carbocycles. The van der Waals surface area contributed by atoms with Crippen molar-refractivity contribution in [2.24, 2.45) is 0 Å². The number of ether oxygens (including phenoxy) is 1. The van der Waals surface area contributed by atoms with Crippen LogP contribution in [-0.4, -0.2) is 27.0 Å². The van der Waals surface area contributed by atoms with E-state index in [0.717, 1.165) is 11.1 Å². The lowest BCUT2D eigenvalue weighted by atomic mass is 10.2. The molecule has 7 nitrogen and oxygen atoms in total. The highest BCUT2D eigenvalue weighted by atomic mass is 32.2. The Hall–Kier alpha value is -2.87. The van der Waals surface area contributed by atoms with Crippen LogP contribution in [0.3, 0.4) is 0 Å². The molecule has 2 aromatic rings. The van der Waals surface area contributed by atoms with Gasteiger partial charge in [-0.25, -0.2) is 22.7 Å². The van der Waals surface area contributed by atoms with Crippen LogP contribution in [0.25, 0.3) is 0 Å². The van der Waals surface area contributed by atoms with E-state index in [1.54, 1.807) is 36.4 Å². The van der Waals surface area contributed by atoms with Gasteiger partial charge in [-0.05, 0) is 38.1 Å². The second-order valence-electron chi connectivity index (χ2n) is 5.39. The topological polar surface area (TPSA) is 102 Å². The Morgan fingerprint density at radius 3 is 2.00 bits per heavy atom.